The van der Waals surface area contributed by atoms with Crippen LogP contribution in [0.4, 0.5) is 0 Å². The van der Waals surface area contributed by atoms with Crippen LogP contribution in [0.25, 0.3) is 10.8 Å². The number of carbonyl (C=O) groups is 14. The molecule has 0 aromatic heterocycles. The fourth-order valence-corrected chi connectivity index (χ4v) is 11.7. The summed E-state index contributed by atoms with van der Waals surface area (Å²) in [7, 11) is 0. The second-order valence-electron chi connectivity index (χ2n) is 24.4. The molecule has 0 saturated carbocycles. The average Bonchev–Trinajstić information content (AvgIpc) is 1.84. The van der Waals surface area contributed by atoms with E-state index in [1.807, 2.05) is 50.2 Å². The van der Waals surface area contributed by atoms with E-state index >= 15 is 4.79 Å². The van der Waals surface area contributed by atoms with Gasteiger partial charge in [-0.1, -0.05) is 80.0 Å². The molecule has 5 heterocycles. The van der Waals surface area contributed by atoms with Crippen LogP contribution in [-0.2, 0) is 80.0 Å². The van der Waals surface area contributed by atoms with Crippen molar-refractivity contribution in [2.45, 2.75) is 184 Å². The molecule has 0 radical (unpaired) electrons. The summed E-state index contributed by atoms with van der Waals surface area (Å²) in [5.74, 6) is -12.7. The molecule has 13 amide bonds. The number of carboxylic acids is 1. The first-order valence-corrected chi connectivity index (χ1v) is 32.0. The van der Waals surface area contributed by atoms with Crippen molar-refractivity contribution in [1.29, 1.82) is 0 Å². The van der Waals surface area contributed by atoms with E-state index in [0.717, 1.165) is 17.7 Å². The van der Waals surface area contributed by atoms with Crippen LogP contribution in [0.1, 0.15) is 122 Å². The minimum atomic E-state index is -2.01. The molecule has 502 valence electrons. The van der Waals surface area contributed by atoms with Crippen molar-refractivity contribution in [2.75, 3.05) is 26.2 Å². The molecule has 93 heavy (non-hydrogen) atoms. The molecule has 0 unspecified atom stereocenters. The molecule has 5 aliphatic heterocycles. The van der Waals surface area contributed by atoms with Gasteiger partial charge in [0, 0.05) is 63.8 Å². The Balaban J connectivity index is 1.25. The number of rotatable bonds is 10. The minimum Gasteiger partial charge on any atom is -0.480 e. The van der Waals surface area contributed by atoms with Crippen LogP contribution in [0.15, 0.2) is 66.7 Å². The minimum absolute atomic E-state index is 0.0112. The van der Waals surface area contributed by atoms with Crippen molar-refractivity contribution in [3.05, 3.63) is 82.9 Å². The van der Waals surface area contributed by atoms with Crippen molar-refractivity contribution >= 4 is 105 Å². The predicted molar refractivity (Wildman–Crippen MR) is 338 cm³/mol. The molecule has 3 aromatic carbocycles. The molecule has 13 N–H and O–H groups in total. The standard InChI is InChI=1S/C64H84ClN13O15/c1-35(2)29-46-59(87)73-45-14-7-8-26-66-52(80)24-22-44(58(86)76-48(60(88)74-46)32-38-16-19-39-11-4-5-12-40(39)30-38)72-61(89)49(33-54(82)71-50(64(92)93)34-68-62(90)51-15-10-28-78(51)63(45)91)77-56(84)42-13-6-9-27-67-55(83)47(31-37-17-20-41(65)21-18-37)75-57(85)43(69-36(3)79)23-25-53(81)70-42/h4-5,11-12,16-21,30,35,42-51H,6-10,13-15,22-29,31-34H2,1-3H3,(H,66,80)(H,67,83)(H,68,90)(H,69,79)(H,70,81)(H,71,82)(H,72,89)(H,73,87)(H,74,88)(H,75,85)(H,76,86)(H,77,84)(H,92,93)/t42-,43+,44+,45+,46+,47-,48-,49-,50+,51+/m1/s1. The Hall–Kier alpha value is -9.21. The van der Waals surface area contributed by atoms with Crippen LogP contribution in [-0.4, -0.2) is 179 Å². The van der Waals surface area contributed by atoms with Gasteiger partial charge in [-0.2, -0.15) is 0 Å². The highest BCUT2D eigenvalue weighted by Gasteiger charge is 2.41. The third-order valence-corrected chi connectivity index (χ3v) is 16.8. The van der Waals surface area contributed by atoms with Gasteiger partial charge in [0.25, 0.3) is 0 Å². The summed E-state index contributed by atoms with van der Waals surface area (Å²) in [6, 6.07) is 4.58. The second kappa shape index (κ2) is 34.5. The number of carbonyl (C=O) groups excluding carboxylic acids is 13. The van der Waals surface area contributed by atoms with Gasteiger partial charge in [0.1, 0.15) is 60.4 Å². The van der Waals surface area contributed by atoms with E-state index in [1.165, 1.54) is 4.90 Å². The molecule has 0 aliphatic carbocycles. The largest absolute Gasteiger partial charge is 0.480 e. The SMILES string of the molecule is CC(=O)N[C@H]1CCC(=O)N[C@@H](C(=O)N[C@@H]2CC(=O)N[C@H](C(=O)O)CNC(=O)[C@@H]3CCCN3C(=O)[C@@H]3CCCCNC(=O)CC[C@H](NC2=O)C(=O)N[C@H](Cc2ccc4ccccc4c2)C(=O)N[C@@H](CC(C)C)C(=O)N3)CCCCNC(=O)[C@@H](Cc2ccc(Cl)cc2)NC1=O. The summed E-state index contributed by atoms with van der Waals surface area (Å²) in [6.45, 7) is 4.21. The Bertz CT molecular complexity index is 3280. The third-order valence-electron chi connectivity index (χ3n) is 16.6. The predicted octanol–water partition coefficient (Wildman–Crippen LogP) is -0.536. The van der Waals surface area contributed by atoms with Crippen LogP contribution in [0.2, 0.25) is 5.02 Å². The fourth-order valence-electron chi connectivity index (χ4n) is 11.6. The van der Waals surface area contributed by atoms with Gasteiger partial charge in [-0.15, -0.1) is 0 Å². The number of fused-ring (bicyclic) bond motifs is 24. The quantitative estimate of drug-likeness (QED) is 0.113. The smallest absolute Gasteiger partial charge is 0.328 e. The van der Waals surface area contributed by atoms with Crippen LogP contribution >= 0.6 is 11.6 Å². The zero-order chi connectivity index (χ0) is 67.3. The maximum Gasteiger partial charge on any atom is 0.328 e. The number of hydrogen-bond acceptors (Lipinski definition) is 14. The summed E-state index contributed by atoms with van der Waals surface area (Å²) in [5, 5.41) is 44.0. The average molecular weight is 1310 g/mol. The van der Waals surface area contributed by atoms with Gasteiger partial charge in [0.2, 0.25) is 76.8 Å². The number of nitrogens with one attached hydrogen (secondary N) is 12. The van der Waals surface area contributed by atoms with Gasteiger partial charge in [-0.25, -0.2) is 4.79 Å². The van der Waals surface area contributed by atoms with Crippen molar-refractivity contribution in [1.82, 2.24) is 68.7 Å². The Morgan fingerprint density at radius 2 is 1.16 bits per heavy atom. The Kier molecular flexibility index (Phi) is 26.4. The van der Waals surface area contributed by atoms with Crippen molar-refractivity contribution in [3.8, 4) is 0 Å². The van der Waals surface area contributed by atoms with E-state index in [1.54, 1.807) is 30.3 Å². The molecule has 10 atom stereocenters. The van der Waals surface area contributed by atoms with E-state index in [2.05, 4.69) is 63.8 Å². The lowest BCUT2D eigenvalue weighted by molar-refractivity contribution is -0.143. The van der Waals surface area contributed by atoms with Gasteiger partial charge in [0.05, 0.1) is 6.42 Å². The fraction of sp³-hybridized carbons (Fsp3) is 0.531. The maximum atomic E-state index is 15.0. The summed E-state index contributed by atoms with van der Waals surface area (Å²) >= 11 is 6.09. The lowest BCUT2D eigenvalue weighted by Crippen LogP contribution is -2.60. The highest BCUT2D eigenvalue weighted by atomic mass is 35.5. The highest BCUT2D eigenvalue weighted by Crippen LogP contribution is 2.22. The third kappa shape index (κ3) is 21.7. The summed E-state index contributed by atoms with van der Waals surface area (Å²) in [6.07, 6.45) is -1.54. The molecule has 28 nitrogen and oxygen atoms in total. The summed E-state index contributed by atoms with van der Waals surface area (Å²) in [4.78, 5) is 199. The molecule has 29 heteroatoms. The van der Waals surface area contributed by atoms with Crippen LogP contribution < -0.4 is 63.8 Å². The number of aliphatic carboxylic acids is 1. The van der Waals surface area contributed by atoms with E-state index < -0.39 is 175 Å². The van der Waals surface area contributed by atoms with Gasteiger partial charge < -0.3 is 73.8 Å². The van der Waals surface area contributed by atoms with Crippen LogP contribution in [0.3, 0.4) is 0 Å². The van der Waals surface area contributed by atoms with Crippen LogP contribution in [0.5, 0.6) is 0 Å². The van der Waals surface area contributed by atoms with Crippen molar-refractivity contribution in [2.24, 2.45) is 5.92 Å². The first kappa shape index (κ1) is 71.2. The van der Waals surface area contributed by atoms with E-state index in [-0.39, 0.29) is 96.2 Å². The topological polar surface area (TPSA) is 407 Å². The number of benzene rings is 3. The number of halogens is 1. The first-order chi connectivity index (χ1) is 44.4. The van der Waals surface area contributed by atoms with Gasteiger partial charge in [0.15, 0.2) is 0 Å². The van der Waals surface area contributed by atoms with Crippen LogP contribution in [0, 0.1) is 5.92 Å². The van der Waals surface area contributed by atoms with E-state index in [4.69, 9.17) is 11.6 Å². The zero-order valence-corrected chi connectivity index (χ0v) is 53.1. The number of hydrogen-bond donors (Lipinski definition) is 13. The lowest BCUT2D eigenvalue weighted by Gasteiger charge is -2.31. The Morgan fingerprint density at radius 3 is 1.88 bits per heavy atom. The molecule has 3 aromatic rings. The van der Waals surface area contributed by atoms with E-state index in [0.29, 0.717) is 22.6 Å². The van der Waals surface area contributed by atoms with Gasteiger partial charge >= 0.3 is 5.97 Å². The lowest BCUT2D eigenvalue weighted by atomic mass is 9.98. The van der Waals surface area contributed by atoms with Gasteiger partial charge in [-0.05, 0) is 111 Å². The normalized spacial score (nSPS) is 26.2. The molecule has 8 rings (SSSR count). The number of carboxylic acid groups (broad SMARTS) is 1. The highest BCUT2D eigenvalue weighted by molar-refractivity contribution is 6.30. The molecular weight excluding hydrogens is 1230 g/mol. The molecule has 5 aliphatic rings. The van der Waals surface area contributed by atoms with Crippen molar-refractivity contribution in [3.63, 3.8) is 0 Å². The molecule has 2 bridgehead atoms. The van der Waals surface area contributed by atoms with Gasteiger partial charge in [-0.3, -0.25) is 62.3 Å². The van der Waals surface area contributed by atoms with Crippen molar-refractivity contribution < 1.29 is 72.2 Å². The zero-order valence-electron chi connectivity index (χ0n) is 52.3. The Morgan fingerprint density at radius 1 is 0.548 bits per heavy atom. The van der Waals surface area contributed by atoms with E-state index in [9.17, 15) is 67.4 Å². The molecule has 5 saturated heterocycles. The number of nitrogens with zero attached hydrogens (tertiary/aromatic N) is 1. The summed E-state index contributed by atoms with van der Waals surface area (Å²) in [5.41, 5.74) is 1.21. The molecule has 0 spiro atoms. The first-order valence-electron chi connectivity index (χ1n) is 31.7. The monoisotopic (exact) mass is 1310 g/mol. The second-order valence-corrected chi connectivity index (χ2v) is 24.8. The molecular formula is C64H84ClN13O15. The number of amides is 13. The summed E-state index contributed by atoms with van der Waals surface area (Å²) < 4.78 is 0. The molecule has 5 fully saturated rings. The Labute approximate surface area is 542 Å². The maximum absolute atomic E-state index is 15.0.